The van der Waals surface area contributed by atoms with Gasteiger partial charge in [0.15, 0.2) is 5.82 Å². The van der Waals surface area contributed by atoms with Crippen LogP contribution in [-0.2, 0) is 14.8 Å². The summed E-state index contributed by atoms with van der Waals surface area (Å²) in [5, 5.41) is 10.5. The molecule has 3 aliphatic rings. The quantitative estimate of drug-likeness (QED) is 0.609. The first kappa shape index (κ1) is 23.5. The Balaban J connectivity index is 1.42. The molecule has 0 unspecified atom stereocenters. The van der Waals surface area contributed by atoms with Gasteiger partial charge in [-0.1, -0.05) is 6.42 Å². The molecule has 11 heteroatoms. The Bertz CT molecular complexity index is 1100. The molecule has 0 saturated carbocycles. The van der Waals surface area contributed by atoms with Crippen molar-refractivity contribution in [1.29, 1.82) is 0 Å². The van der Waals surface area contributed by atoms with E-state index < -0.39 is 10.0 Å². The number of sulfonamides is 1. The molecular formula is C23H35N7O3S. The lowest BCUT2D eigenvalue weighted by atomic mass is 9.83. The maximum absolute atomic E-state index is 12.8. The second-order valence-corrected chi connectivity index (χ2v) is 11.9. The number of aryl methyl sites for hydroxylation is 1. The molecule has 34 heavy (non-hydrogen) atoms. The van der Waals surface area contributed by atoms with Gasteiger partial charge in [0.2, 0.25) is 16.0 Å². The molecular weight excluding hydrogens is 454 g/mol. The van der Waals surface area contributed by atoms with Crippen LogP contribution >= 0.6 is 0 Å². The molecule has 4 atom stereocenters. The van der Waals surface area contributed by atoms with Crippen molar-refractivity contribution in [3.8, 4) is 0 Å². The van der Waals surface area contributed by atoms with Gasteiger partial charge in [-0.2, -0.15) is 14.4 Å². The molecule has 5 heterocycles. The number of hydrogen-bond donors (Lipinski definition) is 2. The Kier molecular flexibility index (Phi) is 6.51. The van der Waals surface area contributed by atoms with Gasteiger partial charge in [-0.05, 0) is 52.4 Å². The first-order chi connectivity index (χ1) is 16.3. The summed E-state index contributed by atoms with van der Waals surface area (Å²) >= 11 is 0. The summed E-state index contributed by atoms with van der Waals surface area (Å²) in [4.78, 5) is 11.9. The number of nitrogens with zero attached hydrogens (tertiary/aromatic N) is 5. The van der Waals surface area contributed by atoms with Crippen molar-refractivity contribution in [3.63, 3.8) is 0 Å². The number of piperidine rings is 2. The van der Waals surface area contributed by atoms with E-state index in [1.54, 1.807) is 6.92 Å². The predicted octanol–water partition coefficient (Wildman–Crippen LogP) is 3.27. The highest BCUT2D eigenvalue weighted by Gasteiger charge is 2.45. The Morgan fingerprint density at radius 2 is 1.91 bits per heavy atom. The van der Waals surface area contributed by atoms with E-state index in [0.717, 1.165) is 62.9 Å². The zero-order chi connectivity index (χ0) is 23.9. The maximum Gasteiger partial charge on any atom is 0.227 e. The molecule has 5 rings (SSSR count). The van der Waals surface area contributed by atoms with Crippen molar-refractivity contribution in [2.45, 2.75) is 83.0 Å². The first-order valence-corrected chi connectivity index (χ1v) is 14.0. The van der Waals surface area contributed by atoms with Crippen LogP contribution in [0.3, 0.4) is 0 Å². The number of anilines is 3. The predicted molar refractivity (Wildman–Crippen MR) is 131 cm³/mol. The second-order valence-electron chi connectivity index (χ2n) is 9.75. The van der Waals surface area contributed by atoms with E-state index in [-0.39, 0.29) is 30.0 Å². The molecule has 2 aromatic rings. The van der Waals surface area contributed by atoms with E-state index in [2.05, 4.69) is 20.4 Å². The van der Waals surface area contributed by atoms with E-state index in [0.29, 0.717) is 17.6 Å². The molecule has 186 valence electrons. The van der Waals surface area contributed by atoms with Gasteiger partial charge >= 0.3 is 0 Å². The van der Waals surface area contributed by atoms with E-state index in [4.69, 9.17) is 14.7 Å². The number of ether oxygens (including phenoxy) is 1. The van der Waals surface area contributed by atoms with Crippen LogP contribution in [0.4, 0.5) is 17.6 Å². The summed E-state index contributed by atoms with van der Waals surface area (Å²) in [5.74, 6) is 2.18. The average Bonchev–Trinajstić information content (AvgIpc) is 3.49. The van der Waals surface area contributed by atoms with Crippen LogP contribution in [0, 0.1) is 6.92 Å². The van der Waals surface area contributed by atoms with Crippen molar-refractivity contribution < 1.29 is 13.2 Å². The van der Waals surface area contributed by atoms with E-state index in [9.17, 15) is 8.42 Å². The molecule has 10 nitrogen and oxygen atoms in total. The number of fused-ring (bicyclic) bond motifs is 2. The standard InChI is InChI=1S/C23H35N7O3S/c1-4-34(31,32)30-16-7-5-8-17(30)13-18(12-16)29(3)23-24-19(20-9-6-10-33-20)14-21(26-23)25-22-11-15(2)27-28-22/h11,14,16-18,20H,4-10,12-13H2,1-3H3,(H2,24,25,26,27,28)/t16-,17+,18-,20-/m0/s1. The van der Waals surface area contributed by atoms with Crippen LogP contribution in [0.5, 0.6) is 0 Å². The number of rotatable bonds is 7. The average molecular weight is 490 g/mol. The minimum Gasteiger partial charge on any atom is -0.372 e. The minimum absolute atomic E-state index is 0.0347. The van der Waals surface area contributed by atoms with Crippen LogP contribution in [0.25, 0.3) is 0 Å². The second kappa shape index (κ2) is 9.43. The molecule has 2 aromatic heterocycles. The molecule has 0 aromatic carbocycles. The summed E-state index contributed by atoms with van der Waals surface area (Å²) in [6.07, 6.45) is 6.44. The largest absolute Gasteiger partial charge is 0.372 e. The summed E-state index contributed by atoms with van der Waals surface area (Å²) in [5.41, 5.74) is 1.84. The topological polar surface area (TPSA) is 116 Å². The van der Waals surface area contributed by atoms with Gasteiger partial charge in [-0.3, -0.25) is 5.10 Å². The summed E-state index contributed by atoms with van der Waals surface area (Å²) in [7, 11) is -1.17. The lowest BCUT2D eigenvalue weighted by Gasteiger charge is -2.49. The van der Waals surface area contributed by atoms with E-state index >= 15 is 0 Å². The lowest BCUT2D eigenvalue weighted by molar-refractivity contribution is 0.107. The monoisotopic (exact) mass is 489 g/mol. The first-order valence-electron chi connectivity index (χ1n) is 12.4. The molecule has 3 fully saturated rings. The fraction of sp³-hybridized carbons (Fsp3) is 0.696. The molecule has 3 saturated heterocycles. The fourth-order valence-corrected chi connectivity index (χ4v) is 7.25. The van der Waals surface area contributed by atoms with Crippen LogP contribution in [0.1, 0.15) is 69.4 Å². The number of aromatic amines is 1. The molecule has 0 spiro atoms. The fourth-order valence-electron chi connectivity index (χ4n) is 5.66. The van der Waals surface area contributed by atoms with Gasteiger partial charge in [-0.25, -0.2) is 13.4 Å². The summed E-state index contributed by atoms with van der Waals surface area (Å²) < 4.78 is 33.3. The highest BCUT2D eigenvalue weighted by molar-refractivity contribution is 7.89. The van der Waals surface area contributed by atoms with Crippen LogP contribution in [0.2, 0.25) is 0 Å². The van der Waals surface area contributed by atoms with Crippen LogP contribution < -0.4 is 10.2 Å². The number of aromatic nitrogens is 4. The third-order valence-electron chi connectivity index (χ3n) is 7.39. The van der Waals surface area contributed by atoms with Gasteiger partial charge in [0.25, 0.3) is 0 Å². The van der Waals surface area contributed by atoms with Crippen LogP contribution in [-0.4, -0.2) is 70.4 Å². The Morgan fingerprint density at radius 3 is 2.53 bits per heavy atom. The third kappa shape index (κ3) is 4.65. The van der Waals surface area contributed by atoms with E-state index in [1.165, 1.54) is 0 Å². The summed E-state index contributed by atoms with van der Waals surface area (Å²) in [6.45, 7) is 4.44. The van der Waals surface area contributed by atoms with Crippen molar-refractivity contribution in [2.24, 2.45) is 0 Å². The van der Waals surface area contributed by atoms with E-state index in [1.807, 2.05) is 30.4 Å². The van der Waals surface area contributed by atoms with Gasteiger partial charge in [-0.15, -0.1) is 0 Å². The molecule has 2 N–H and O–H groups in total. The van der Waals surface area contributed by atoms with Crippen molar-refractivity contribution in [2.75, 3.05) is 29.6 Å². The Hall–Kier alpha value is -2.24. The smallest absolute Gasteiger partial charge is 0.227 e. The highest BCUT2D eigenvalue weighted by Crippen LogP contribution is 2.39. The van der Waals surface area contributed by atoms with Crippen molar-refractivity contribution in [3.05, 3.63) is 23.5 Å². The molecule has 0 radical (unpaired) electrons. The lowest BCUT2D eigenvalue weighted by Crippen LogP contribution is -2.58. The highest BCUT2D eigenvalue weighted by atomic mass is 32.2. The molecule has 0 aliphatic carbocycles. The zero-order valence-corrected chi connectivity index (χ0v) is 21.0. The van der Waals surface area contributed by atoms with Gasteiger partial charge in [0.05, 0.1) is 17.6 Å². The Morgan fingerprint density at radius 1 is 1.15 bits per heavy atom. The summed E-state index contributed by atoms with van der Waals surface area (Å²) in [6, 6.07) is 4.16. The van der Waals surface area contributed by atoms with Gasteiger partial charge < -0.3 is 15.0 Å². The number of hydrogen-bond acceptors (Lipinski definition) is 8. The Labute approximate surface area is 201 Å². The number of H-pyrrole nitrogens is 1. The zero-order valence-electron chi connectivity index (χ0n) is 20.2. The SMILES string of the molecule is CCS(=O)(=O)N1[C@@H]2CCC[C@H]1C[C@H](N(C)c1nc(Nc3cc(C)[nH]n3)cc([C@@H]3CCCO3)n1)C2. The van der Waals surface area contributed by atoms with Crippen molar-refractivity contribution in [1.82, 2.24) is 24.5 Å². The molecule has 0 amide bonds. The molecule has 3 aliphatic heterocycles. The van der Waals surface area contributed by atoms with Crippen LogP contribution in [0.15, 0.2) is 12.1 Å². The van der Waals surface area contributed by atoms with Crippen molar-refractivity contribution >= 4 is 27.6 Å². The van der Waals surface area contributed by atoms with Gasteiger partial charge in [0, 0.05) is 49.6 Å². The van der Waals surface area contributed by atoms with Gasteiger partial charge in [0.1, 0.15) is 5.82 Å². The molecule has 2 bridgehead atoms. The maximum atomic E-state index is 12.8. The number of nitrogens with one attached hydrogen (secondary N) is 2. The third-order valence-corrected chi connectivity index (χ3v) is 9.36. The normalized spacial score (nSPS) is 27.6. The minimum atomic E-state index is -3.20.